The first kappa shape index (κ1) is 26.7. The smallest absolute Gasteiger partial charge is 0.264 e. The van der Waals surface area contributed by atoms with Crippen LogP contribution in [0.1, 0.15) is 67.9 Å². The highest BCUT2D eigenvalue weighted by Crippen LogP contribution is 2.60. The van der Waals surface area contributed by atoms with E-state index in [1.165, 1.54) is 0 Å². The number of aromatic hydroxyl groups is 2. The van der Waals surface area contributed by atoms with Gasteiger partial charge in [-0.2, -0.15) is 16.8 Å². The molecule has 2 saturated carbocycles. The molecule has 1 heterocycles. The van der Waals surface area contributed by atoms with Gasteiger partial charge in [-0.1, -0.05) is 12.8 Å². The summed E-state index contributed by atoms with van der Waals surface area (Å²) in [4.78, 5) is 1.98. The van der Waals surface area contributed by atoms with E-state index in [9.17, 15) is 27.0 Å². The minimum Gasteiger partial charge on any atom is -0.494 e. The summed E-state index contributed by atoms with van der Waals surface area (Å²) in [5, 5.41) is 22.0. The molecule has 35 heavy (non-hydrogen) atoms. The zero-order valence-electron chi connectivity index (χ0n) is 20.6. The standard InChI is InChI=1S/C23H38N2O8S2/c1-34(28,29)32-11-9-24(10-12-33-35(2,30)31)14-18-5-3-4-6-19(18)15-25-22(26)20-16-7-8-17(13-16)21(20)23(25)27/h16-19,26-27H,3-15H2,1-2H3/t16-,17+,18-,19-/m0/s1. The molecule has 0 aliphatic heterocycles. The number of fused-ring (bicyclic) bond motifs is 5. The summed E-state index contributed by atoms with van der Waals surface area (Å²) >= 11 is 0. The predicted octanol–water partition coefficient (Wildman–Crippen LogP) is 2.32. The molecule has 4 atom stereocenters. The first-order valence-corrected chi connectivity index (χ1v) is 16.1. The summed E-state index contributed by atoms with van der Waals surface area (Å²) in [6.45, 7) is 1.75. The molecule has 3 aliphatic rings. The van der Waals surface area contributed by atoms with Gasteiger partial charge in [0.05, 0.1) is 25.7 Å². The normalized spacial score (nSPS) is 26.5. The van der Waals surface area contributed by atoms with E-state index in [1.54, 1.807) is 4.57 Å². The van der Waals surface area contributed by atoms with Gasteiger partial charge in [-0.3, -0.25) is 17.8 Å². The fourth-order valence-corrected chi connectivity index (χ4v) is 7.13. The average molecular weight is 535 g/mol. The van der Waals surface area contributed by atoms with E-state index in [0.717, 1.165) is 68.6 Å². The van der Waals surface area contributed by atoms with E-state index in [2.05, 4.69) is 0 Å². The third kappa shape index (κ3) is 6.51. The maximum Gasteiger partial charge on any atom is 0.264 e. The van der Waals surface area contributed by atoms with Crippen LogP contribution in [0.2, 0.25) is 0 Å². The molecule has 2 bridgehead atoms. The Labute approximate surface area is 208 Å². The quantitative estimate of drug-likeness (QED) is 0.387. The lowest BCUT2D eigenvalue weighted by Gasteiger charge is -2.36. The first-order chi connectivity index (χ1) is 16.4. The second kappa shape index (κ2) is 10.6. The molecule has 2 N–H and O–H groups in total. The van der Waals surface area contributed by atoms with E-state index in [1.807, 2.05) is 4.90 Å². The average Bonchev–Trinajstić information content (AvgIpc) is 3.43. The van der Waals surface area contributed by atoms with Gasteiger partial charge in [0, 0.05) is 37.3 Å². The van der Waals surface area contributed by atoms with Crippen LogP contribution in [-0.2, 0) is 35.1 Å². The topological polar surface area (TPSA) is 135 Å². The molecule has 0 radical (unpaired) electrons. The van der Waals surface area contributed by atoms with Crippen molar-refractivity contribution in [2.24, 2.45) is 11.8 Å². The number of hydrogen-bond acceptors (Lipinski definition) is 9. The molecule has 200 valence electrons. The van der Waals surface area contributed by atoms with Crippen molar-refractivity contribution in [1.29, 1.82) is 0 Å². The van der Waals surface area contributed by atoms with E-state index in [-0.39, 0.29) is 36.8 Å². The zero-order valence-corrected chi connectivity index (χ0v) is 22.2. The van der Waals surface area contributed by atoms with Crippen LogP contribution in [0.25, 0.3) is 0 Å². The zero-order chi connectivity index (χ0) is 25.4. The summed E-state index contributed by atoms with van der Waals surface area (Å²) in [5.41, 5.74) is 1.90. The van der Waals surface area contributed by atoms with Crippen LogP contribution in [0.5, 0.6) is 11.8 Å². The molecule has 0 unspecified atom stereocenters. The molecule has 1 aromatic heterocycles. The third-order valence-electron chi connectivity index (χ3n) is 7.92. The van der Waals surface area contributed by atoms with Crippen LogP contribution in [0.15, 0.2) is 0 Å². The van der Waals surface area contributed by atoms with E-state index >= 15 is 0 Å². The van der Waals surface area contributed by atoms with E-state index in [4.69, 9.17) is 8.37 Å². The number of hydrogen-bond donors (Lipinski definition) is 2. The van der Waals surface area contributed by atoms with Gasteiger partial charge in [-0.05, 0) is 55.8 Å². The van der Waals surface area contributed by atoms with Crippen molar-refractivity contribution in [2.75, 3.05) is 45.4 Å². The Balaban J connectivity index is 1.45. The van der Waals surface area contributed by atoms with E-state index in [0.29, 0.717) is 38.0 Å². The minimum absolute atomic E-state index is 0.0240. The Morgan fingerprint density at radius 2 is 1.31 bits per heavy atom. The monoisotopic (exact) mass is 534 g/mol. The van der Waals surface area contributed by atoms with Crippen LogP contribution in [0, 0.1) is 11.8 Å². The van der Waals surface area contributed by atoms with Gasteiger partial charge in [0.25, 0.3) is 20.2 Å². The van der Waals surface area contributed by atoms with Crippen molar-refractivity contribution in [3.63, 3.8) is 0 Å². The fraction of sp³-hybridized carbons (Fsp3) is 0.826. The Bertz CT molecular complexity index is 1040. The highest BCUT2D eigenvalue weighted by Gasteiger charge is 2.44. The second-order valence-corrected chi connectivity index (χ2v) is 13.7. The lowest BCUT2D eigenvalue weighted by Crippen LogP contribution is -2.39. The lowest BCUT2D eigenvalue weighted by molar-refractivity contribution is 0.112. The minimum atomic E-state index is -3.57. The molecule has 0 saturated heterocycles. The molecule has 10 nitrogen and oxygen atoms in total. The molecular formula is C23H38N2O8S2. The molecule has 0 spiro atoms. The fourth-order valence-electron chi connectivity index (χ4n) is 6.38. The maximum absolute atomic E-state index is 11.4. The Morgan fingerprint density at radius 3 is 1.80 bits per heavy atom. The van der Waals surface area contributed by atoms with Crippen molar-refractivity contribution in [3.8, 4) is 11.8 Å². The van der Waals surface area contributed by atoms with Crippen molar-refractivity contribution < 1.29 is 35.4 Å². The molecule has 3 aliphatic carbocycles. The second-order valence-electron chi connectivity index (χ2n) is 10.4. The van der Waals surface area contributed by atoms with Gasteiger partial charge < -0.3 is 10.2 Å². The van der Waals surface area contributed by atoms with Crippen molar-refractivity contribution in [3.05, 3.63) is 11.1 Å². The maximum atomic E-state index is 11.4. The summed E-state index contributed by atoms with van der Waals surface area (Å²) < 4.78 is 57.0. The molecule has 12 heteroatoms. The Morgan fingerprint density at radius 1 is 0.829 bits per heavy atom. The molecule has 4 rings (SSSR count). The van der Waals surface area contributed by atoms with Gasteiger partial charge in [0.15, 0.2) is 11.8 Å². The molecular weight excluding hydrogens is 496 g/mol. The van der Waals surface area contributed by atoms with Crippen LogP contribution >= 0.6 is 0 Å². The van der Waals surface area contributed by atoms with Gasteiger partial charge in [0.2, 0.25) is 0 Å². The van der Waals surface area contributed by atoms with Crippen molar-refractivity contribution >= 4 is 20.2 Å². The number of aromatic nitrogens is 1. The largest absolute Gasteiger partial charge is 0.494 e. The van der Waals surface area contributed by atoms with Crippen LogP contribution < -0.4 is 0 Å². The number of rotatable bonds is 12. The summed E-state index contributed by atoms with van der Waals surface area (Å²) in [6.07, 6.45) is 9.24. The predicted molar refractivity (Wildman–Crippen MR) is 131 cm³/mol. The highest BCUT2D eigenvalue weighted by molar-refractivity contribution is 7.86. The van der Waals surface area contributed by atoms with Crippen LogP contribution in [0.4, 0.5) is 0 Å². The molecule has 2 fully saturated rings. The first-order valence-electron chi connectivity index (χ1n) is 12.5. The summed E-state index contributed by atoms with van der Waals surface area (Å²) in [7, 11) is -7.15. The lowest BCUT2D eigenvalue weighted by atomic mass is 9.78. The highest BCUT2D eigenvalue weighted by atomic mass is 32.2. The summed E-state index contributed by atoms with van der Waals surface area (Å²) in [6, 6.07) is 0. The van der Waals surface area contributed by atoms with Crippen LogP contribution in [0.3, 0.4) is 0 Å². The Hall–Kier alpha value is -1.34. The third-order valence-corrected chi connectivity index (χ3v) is 9.11. The molecule has 0 amide bonds. The Kier molecular flexibility index (Phi) is 8.07. The summed E-state index contributed by atoms with van der Waals surface area (Å²) in [5.74, 6) is 1.60. The number of nitrogens with zero attached hydrogens (tertiary/aromatic N) is 2. The van der Waals surface area contributed by atoms with Crippen molar-refractivity contribution in [1.82, 2.24) is 9.47 Å². The molecule has 1 aromatic rings. The van der Waals surface area contributed by atoms with Crippen LogP contribution in [-0.4, -0.2) is 81.9 Å². The van der Waals surface area contributed by atoms with Crippen molar-refractivity contribution in [2.45, 2.75) is 63.3 Å². The van der Waals surface area contributed by atoms with Gasteiger partial charge in [-0.25, -0.2) is 0 Å². The van der Waals surface area contributed by atoms with Gasteiger partial charge >= 0.3 is 0 Å². The molecule has 0 aromatic carbocycles. The van der Waals surface area contributed by atoms with Gasteiger partial charge in [-0.15, -0.1) is 0 Å². The van der Waals surface area contributed by atoms with Gasteiger partial charge in [0.1, 0.15) is 0 Å². The van der Waals surface area contributed by atoms with E-state index < -0.39 is 20.2 Å². The SMILES string of the molecule is CS(=O)(=O)OCCN(CCOS(C)(=O)=O)C[C@@H]1CCCC[C@H]1Cn1c(O)c2c(c1O)[C@H]1CC[C@@H]2C1.